The van der Waals surface area contributed by atoms with Crippen molar-refractivity contribution in [3.8, 4) is 12.3 Å². The van der Waals surface area contributed by atoms with Gasteiger partial charge in [-0.3, -0.25) is 4.99 Å². The molecule has 0 spiro atoms. The molecule has 4 heteroatoms. The Hall–Kier alpha value is -2.02. The first kappa shape index (κ1) is 14.0. The fraction of sp³-hybridized carbons (Fsp3) is 0.357. The van der Waals surface area contributed by atoms with Gasteiger partial charge < -0.3 is 10.6 Å². The number of aliphatic imine (C=N–C) groups is 1. The van der Waals surface area contributed by atoms with Crippen molar-refractivity contribution in [1.29, 1.82) is 0 Å². The summed E-state index contributed by atoms with van der Waals surface area (Å²) in [6.07, 6.45) is 5.87. The van der Waals surface area contributed by atoms with E-state index in [1.54, 1.807) is 6.07 Å². The van der Waals surface area contributed by atoms with Gasteiger partial charge in [-0.15, -0.1) is 6.42 Å². The molecule has 0 bridgehead atoms. The summed E-state index contributed by atoms with van der Waals surface area (Å²) in [6.45, 7) is 3.78. The summed E-state index contributed by atoms with van der Waals surface area (Å²) in [5.41, 5.74) is 0.937. The van der Waals surface area contributed by atoms with E-state index in [9.17, 15) is 4.39 Å². The number of hydrogen-bond donors (Lipinski definition) is 2. The topological polar surface area (TPSA) is 36.4 Å². The van der Waals surface area contributed by atoms with Crippen LogP contribution in [0.25, 0.3) is 0 Å². The summed E-state index contributed by atoms with van der Waals surface area (Å²) in [4.78, 5) is 4.35. The molecule has 0 amide bonds. The van der Waals surface area contributed by atoms with E-state index in [0.29, 0.717) is 25.5 Å². The van der Waals surface area contributed by atoms with Gasteiger partial charge in [-0.05, 0) is 31.0 Å². The van der Waals surface area contributed by atoms with Crippen LogP contribution in [0.5, 0.6) is 0 Å². The van der Waals surface area contributed by atoms with Crippen LogP contribution in [0.4, 0.5) is 4.39 Å². The number of guanidine groups is 1. The highest BCUT2D eigenvalue weighted by molar-refractivity contribution is 5.79. The number of halogens is 1. The molecule has 0 heterocycles. The molecule has 0 saturated heterocycles. The molecule has 1 aromatic carbocycles. The van der Waals surface area contributed by atoms with Gasteiger partial charge in [0, 0.05) is 13.1 Å². The fourth-order valence-corrected chi connectivity index (χ4v) is 1.47. The van der Waals surface area contributed by atoms with E-state index < -0.39 is 0 Å². The Bertz CT molecular complexity index is 435. The van der Waals surface area contributed by atoms with E-state index >= 15 is 0 Å². The second-order valence-electron chi connectivity index (χ2n) is 3.70. The maximum Gasteiger partial charge on any atom is 0.192 e. The first-order valence-corrected chi connectivity index (χ1v) is 5.96. The van der Waals surface area contributed by atoms with Crippen LogP contribution < -0.4 is 10.6 Å². The van der Waals surface area contributed by atoms with Crippen molar-refractivity contribution in [1.82, 2.24) is 10.6 Å². The molecule has 96 valence electrons. The first-order chi connectivity index (χ1) is 8.76. The summed E-state index contributed by atoms with van der Waals surface area (Å²) >= 11 is 0. The normalized spacial score (nSPS) is 10.8. The third-order valence-corrected chi connectivity index (χ3v) is 2.26. The van der Waals surface area contributed by atoms with Gasteiger partial charge in [0.1, 0.15) is 5.82 Å². The Morgan fingerprint density at radius 3 is 2.94 bits per heavy atom. The summed E-state index contributed by atoms with van der Waals surface area (Å²) in [5, 5.41) is 6.08. The minimum absolute atomic E-state index is 0.214. The quantitative estimate of drug-likeness (QED) is 0.470. The average Bonchev–Trinajstić information content (AvgIpc) is 2.36. The van der Waals surface area contributed by atoms with Crippen molar-refractivity contribution in [2.24, 2.45) is 4.99 Å². The zero-order chi connectivity index (χ0) is 13.2. The predicted molar refractivity (Wildman–Crippen MR) is 72.9 cm³/mol. The molecule has 0 saturated carbocycles. The zero-order valence-electron chi connectivity index (χ0n) is 10.5. The smallest absolute Gasteiger partial charge is 0.192 e. The monoisotopic (exact) mass is 247 g/mol. The fourth-order valence-electron chi connectivity index (χ4n) is 1.47. The van der Waals surface area contributed by atoms with E-state index in [2.05, 4.69) is 21.5 Å². The molecule has 0 atom stereocenters. The number of rotatable bonds is 5. The van der Waals surface area contributed by atoms with Crippen molar-refractivity contribution in [2.75, 3.05) is 19.6 Å². The van der Waals surface area contributed by atoms with E-state index in [0.717, 1.165) is 12.1 Å². The lowest BCUT2D eigenvalue weighted by Crippen LogP contribution is -2.37. The zero-order valence-corrected chi connectivity index (χ0v) is 10.5. The lowest BCUT2D eigenvalue weighted by Gasteiger charge is -2.08. The van der Waals surface area contributed by atoms with Crippen LogP contribution >= 0.6 is 0 Å². The van der Waals surface area contributed by atoms with Crippen LogP contribution in [0.1, 0.15) is 12.5 Å². The minimum atomic E-state index is -0.214. The standard InChI is InChI=1S/C14H18FN3/c1-3-9-17-14(16-4-2)18-10-8-12-6-5-7-13(15)11-12/h1,5-7,11H,4,8-10H2,2H3,(H2,16,17,18). The van der Waals surface area contributed by atoms with Crippen LogP contribution in [-0.2, 0) is 6.42 Å². The van der Waals surface area contributed by atoms with Gasteiger partial charge in [-0.2, -0.15) is 0 Å². The molecule has 0 aromatic heterocycles. The van der Waals surface area contributed by atoms with Gasteiger partial charge in [0.25, 0.3) is 0 Å². The van der Waals surface area contributed by atoms with Gasteiger partial charge in [-0.1, -0.05) is 18.1 Å². The Balaban J connectivity index is 2.47. The Morgan fingerprint density at radius 1 is 1.44 bits per heavy atom. The van der Waals surface area contributed by atoms with Crippen LogP contribution in [0, 0.1) is 18.2 Å². The molecule has 0 unspecified atom stereocenters. The number of hydrogen-bond acceptors (Lipinski definition) is 1. The molecule has 2 N–H and O–H groups in total. The average molecular weight is 247 g/mol. The summed E-state index contributed by atoms with van der Waals surface area (Å²) < 4.78 is 13.0. The van der Waals surface area contributed by atoms with Crippen LogP contribution in [0.2, 0.25) is 0 Å². The summed E-state index contributed by atoms with van der Waals surface area (Å²) in [6, 6.07) is 6.55. The largest absolute Gasteiger partial charge is 0.357 e. The first-order valence-electron chi connectivity index (χ1n) is 5.96. The highest BCUT2D eigenvalue weighted by Gasteiger charge is 1.97. The third kappa shape index (κ3) is 5.35. The molecule has 0 aliphatic rings. The number of terminal acetylenes is 1. The van der Waals surface area contributed by atoms with Crippen molar-refractivity contribution < 1.29 is 4.39 Å². The predicted octanol–water partition coefficient (Wildman–Crippen LogP) is 1.56. The highest BCUT2D eigenvalue weighted by Crippen LogP contribution is 2.04. The lowest BCUT2D eigenvalue weighted by molar-refractivity contribution is 0.625. The molecule has 3 nitrogen and oxygen atoms in total. The summed E-state index contributed by atoms with van der Waals surface area (Å²) in [7, 11) is 0. The van der Waals surface area contributed by atoms with Crippen molar-refractivity contribution in [3.63, 3.8) is 0 Å². The van der Waals surface area contributed by atoms with Crippen LogP contribution in [-0.4, -0.2) is 25.6 Å². The van der Waals surface area contributed by atoms with Crippen molar-refractivity contribution >= 4 is 5.96 Å². The van der Waals surface area contributed by atoms with Gasteiger partial charge >= 0.3 is 0 Å². The van der Waals surface area contributed by atoms with E-state index in [-0.39, 0.29) is 5.82 Å². The van der Waals surface area contributed by atoms with Gasteiger partial charge in [-0.25, -0.2) is 4.39 Å². The minimum Gasteiger partial charge on any atom is -0.357 e. The van der Waals surface area contributed by atoms with Gasteiger partial charge in [0.05, 0.1) is 6.54 Å². The highest BCUT2D eigenvalue weighted by atomic mass is 19.1. The van der Waals surface area contributed by atoms with E-state index in [4.69, 9.17) is 6.42 Å². The molecule has 0 fully saturated rings. The molecular formula is C14H18FN3. The second-order valence-corrected chi connectivity index (χ2v) is 3.70. The maximum absolute atomic E-state index is 13.0. The SMILES string of the molecule is C#CCNC(=NCCc1cccc(F)c1)NCC. The summed E-state index contributed by atoms with van der Waals surface area (Å²) in [5.74, 6) is 2.96. The maximum atomic E-state index is 13.0. The van der Waals surface area contributed by atoms with Crippen LogP contribution in [0.3, 0.4) is 0 Å². The second kappa shape index (κ2) is 8.13. The van der Waals surface area contributed by atoms with Crippen LogP contribution in [0.15, 0.2) is 29.3 Å². The number of nitrogens with zero attached hydrogens (tertiary/aromatic N) is 1. The lowest BCUT2D eigenvalue weighted by atomic mass is 10.1. The van der Waals surface area contributed by atoms with E-state index in [1.807, 2.05) is 13.0 Å². The number of nitrogens with one attached hydrogen (secondary N) is 2. The molecule has 18 heavy (non-hydrogen) atoms. The Labute approximate surface area is 108 Å². The van der Waals surface area contributed by atoms with E-state index in [1.165, 1.54) is 12.1 Å². The third-order valence-electron chi connectivity index (χ3n) is 2.26. The van der Waals surface area contributed by atoms with Gasteiger partial charge in [0.2, 0.25) is 0 Å². The Kier molecular flexibility index (Phi) is 6.34. The molecule has 1 rings (SSSR count). The molecule has 1 aromatic rings. The Morgan fingerprint density at radius 2 is 2.28 bits per heavy atom. The van der Waals surface area contributed by atoms with Crippen molar-refractivity contribution in [2.45, 2.75) is 13.3 Å². The van der Waals surface area contributed by atoms with Gasteiger partial charge in [0.15, 0.2) is 5.96 Å². The molecule has 0 aliphatic carbocycles. The molecule has 0 aliphatic heterocycles. The van der Waals surface area contributed by atoms with Crippen molar-refractivity contribution in [3.05, 3.63) is 35.6 Å². The molecular weight excluding hydrogens is 229 g/mol. The number of benzene rings is 1. The molecule has 0 radical (unpaired) electrons.